The topological polar surface area (TPSA) is 18.5 Å². The highest BCUT2D eigenvalue weighted by atomic mass is 15.2. The van der Waals surface area contributed by atoms with Crippen molar-refractivity contribution < 1.29 is 0 Å². The molecule has 0 spiro atoms. The van der Waals surface area contributed by atoms with E-state index in [-0.39, 0.29) is 0 Å². The summed E-state index contributed by atoms with van der Waals surface area (Å²) in [4.78, 5) is 5.15. The molecule has 0 radical (unpaired) electrons. The van der Waals surface area contributed by atoms with Crippen LogP contribution in [-0.4, -0.2) is 62.2 Å². The second kappa shape index (κ2) is 8.50. The third-order valence-corrected chi connectivity index (χ3v) is 5.74. The molecule has 3 unspecified atom stereocenters. The average Bonchev–Trinajstić information content (AvgIpc) is 2.47. The molecule has 0 aromatic heterocycles. The van der Waals surface area contributed by atoms with E-state index in [9.17, 15) is 0 Å². The maximum Gasteiger partial charge on any atom is 0.0117 e. The molecule has 1 aliphatic carbocycles. The quantitative estimate of drug-likeness (QED) is 0.813. The standard InChI is InChI=1S/C18H37N3/c1-5-10-19-18-7-6-15(2)13-16(18)14-21(4)17-8-11-20(3)12-9-17/h15-19H,5-14H2,1-4H3. The second-order valence-electron chi connectivity index (χ2n) is 7.71. The summed E-state index contributed by atoms with van der Waals surface area (Å²) in [5.74, 6) is 1.77. The summed E-state index contributed by atoms with van der Waals surface area (Å²) in [7, 11) is 4.62. The monoisotopic (exact) mass is 295 g/mol. The Bertz CT molecular complexity index is 284. The molecule has 0 amide bonds. The van der Waals surface area contributed by atoms with Gasteiger partial charge in [0.2, 0.25) is 0 Å². The molecule has 1 N–H and O–H groups in total. The first-order valence-electron chi connectivity index (χ1n) is 9.22. The molecule has 0 bridgehead atoms. The van der Waals surface area contributed by atoms with Crippen LogP contribution in [0.5, 0.6) is 0 Å². The van der Waals surface area contributed by atoms with Crippen LogP contribution >= 0.6 is 0 Å². The van der Waals surface area contributed by atoms with E-state index < -0.39 is 0 Å². The Kier molecular flexibility index (Phi) is 6.97. The van der Waals surface area contributed by atoms with Crippen LogP contribution < -0.4 is 5.32 Å². The molecule has 1 aliphatic heterocycles. The lowest BCUT2D eigenvalue weighted by Gasteiger charge is -2.41. The van der Waals surface area contributed by atoms with Crippen LogP contribution in [0.4, 0.5) is 0 Å². The Morgan fingerprint density at radius 3 is 2.52 bits per heavy atom. The fraction of sp³-hybridized carbons (Fsp3) is 1.00. The molecule has 3 heteroatoms. The van der Waals surface area contributed by atoms with Gasteiger partial charge in [-0.05, 0) is 84.1 Å². The summed E-state index contributed by atoms with van der Waals surface area (Å²) < 4.78 is 0. The van der Waals surface area contributed by atoms with Crippen LogP contribution in [0.1, 0.15) is 52.4 Å². The maximum absolute atomic E-state index is 3.82. The third-order valence-electron chi connectivity index (χ3n) is 5.74. The fourth-order valence-corrected chi connectivity index (χ4v) is 4.25. The minimum Gasteiger partial charge on any atom is -0.314 e. The lowest BCUT2D eigenvalue weighted by Crippen LogP contribution is -2.49. The third kappa shape index (κ3) is 5.22. The summed E-state index contributed by atoms with van der Waals surface area (Å²) >= 11 is 0. The Morgan fingerprint density at radius 1 is 1.14 bits per heavy atom. The van der Waals surface area contributed by atoms with Crippen molar-refractivity contribution in [3.63, 3.8) is 0 Å². The number of hydrogen-bond acceptors (Lipinski definition) is 3. The van der Waals surface area contributed by atoms with Crippen LogP contribution in [0.15, 0.2) is 0 Å². The first kappa shape index (κ1) is 17.2. The predicted molar refractivity (Wildman–Crippen MR) is 91.7 cm³/mol. The van der Waals surface area contributed by atoms with Gasteiger partial charge in [-0.1, -0.05) is 13.8 Å². The number of nitrogens with one attached hydrogen (secondary N) is 1. The van der Waals surface area contributed by atoms with Gasteiger partial charge in [-0.3, -0.25) is 0 Å². The highest BCUT2D eigenvalue weighted by molar-refractivity contribution is 4.87. The Hall–Kier alpha value is -0.120. The van der Waals surface area contributed by atoms with Gasteiger partial charge in [0.1, 0.15) is 0 Å². The SMILES string of the molecule is CCCNC1CCC(C)CC1CN(C)C1CCN(C)CC1. The molecular weight excluding hydrogens is 258 g/mol. The van der Waals surface area contributed by atoms with Crippen LogP contribution in [-0.2, 0) is 0 Å². The lowest BCUT2D eigenvalue weighted by atomic mass is 9.78. The van der Waals surface area contributed by atoms with E-state index in [0.717, 1.165) is 23.9 Å². The highest BCUT2D eigenvalue weighted by Gasteiger charge is 2.31. The molecule has 1 saturated carbocycles. The van der Waals surface area contributed by atoms with E-state index in [2.05, 4.69) is 43.1 Å². The average molecular weight is 296 g/mol. The minimum atomic E-state index is 0.759. The van der Waals surface area contributed by atoms with Crippen molar-refractivity contribution in [3.8, 4) is 0 Å². The Morgan fingerprint density at radius 2 is 1.86 bits per heavy atom. The Balaban J connectivity index is 1.84. The van der Waals surface area contributed by atoms with Crippen molar-refractivity contribution >= 4 is 0 Å². The van der Waals surface area contributed by atoms with Gasteiger partial charge in [0, 0.05) is 18.6 Å². The highest BCUT2D eigenvalue weighted by Crippen LogP contribution is 2.30. The molecule has 2 aliphatic rings. The zero-order valence-corrected chi connectivity index (χ0v) is 14.8. The molecule has 2 fully saturated rings. The fourth-order valence-electron chi connectivity index (χ4n) is 4.25. The summed E-state index contributed by atoms with van der Waals surface area (Å²) in [6.07, 6.45) is 8.16. The van der Waals surface area contributed by atoms with Gasteiger partial charge >= 0.3 is 0 Å². The van der Waals surface area contributed by atoms with E-state index in [1.807, 2.05) is 0 Å². The van der Waals surface area contributed by atoms with E-state index in [1.54, 1.807) is 0 Å². The summed E-state index contributed by atoms with van der Waals surface area (Å²) in [5, 5.41) is 3.82. The molecule has 1 heterocycles. The minimum absolute atomic E-state index is 0.759. The number of hydrogen-bond donors (Lipinski definition) is 1. The van der Waals surface area contributed by atoms with Gasteiger partial charge < -0.3 is 15.1 Å². The number of piperidine rings is 1. The van der Waals surface area contributed by atoms with Crippen molar-refractivity contribution in [2.24, 2.45) is 11.8 Å². The summed E-state index contributed by atoms with van der Waals surface area (Å²) in [6, 6.07) is 1.57. The van der Waals surface area contributed by atoms with E-state index in [4.69, 9.17) is 0 Å². The smallest absolute Gasteiger partial charge is 0.0117 e. The predicted octanol–water partition coefficient (Wildman–Crippen LogP) is 2.82. The van der Waals surface area contributed by atoms with E-state index in [1.165, 1.54) is 64.7 Å². The van der Waals surface area contributed by atoms with Gasteiger partial charge in [-0.15, -0.1) is 0 Å². The van der Waals surface area contributed by atoms with E-state index in [0.29, 0.717) is 0 Å². The molecular formula is C18H37N3. The van der Waals surface area contributed by atoms with Gasteiger partial charge in [0.15, 0.2) is 0 Å². The van der Waals surface area contributed by atoms with Crippen LogP contribution in [0, 0.1) is 11.8 Å². The first-order valence-corrected chi connectivity index (χ1v) is 9.22. The molecule has 3 nitrogen and oxygen atoms in total. The zero-order chi connectivity index (χ0) is 15.2. The number of nitrogens with zero attached hydrogens (tertiary/aromatic N) is 2. The van der Waals surface area contributed by atoms with Gasteiger partial charge in [0.05, 0.1) is 0 Å². The van der Waals surface area contributed by atoms with Crippen molar-refractivity contribution in [1.82, 2.24) is 15.1 Å². The van der Waals surface area contributed by atoms with E-state index >= 15 is 0 Å². The van der Waals surface area contributed by atoms with Gasteiger partial charge in [0.25, 0.3) is 0 Å². The van der Waals surface area contributed by atoms with Crippen molar-refractivity contribution in [3.05, 3.63) is 0 Å². The molecule has 21 heavy (non-hydrogen) atoms. The van der Waals surface area contributed by atoms with Crippen molar-refractivity contribution in [2.75, 3.05) is 40.3 Å². The molecule has 2 rings (SSSR count). The molecule has 0 aromatic rings. The lowest BCUT2D eigenvalue weighted by molar-refractivity contribution is 0.0988. The molecule has 3 atom stereocenters. The molecule has 0 aromatic carbocycles. The first-order chi connectivity index (χ1) is 10.1. The Labute approximate surface area is 132 Å². The van der Waals surface area contributed by atoms with Crippen LogP contribution in [0.25, 0.3) is 0 Å². The largest absolute Gasteiger partial charge is 0.314 e. The van der Waals surface area contributed by atoms with Gasteiger partial charge in [-0.2, -0.15) is 0 Å². The van der Waals surface area contributed by atoms with Crippen LogP contribution in [0.2, 0.25) is 0 Å². The molecule has 124 valence electrons. The number of likely N-dealkylation sites (tertiary alicyclic amines) is 1. The second-order valence-corrected chi connectivity index (χ2v) is 7.71. The van der Waals surface area contributed by atoms with Crippen LogP contribution in [0.3, 0.4) is 0 Å². The summed E-state index contributed by atoms with van der Waals surface area (Å²) in [6.45, 7) is 9.74. The van der Waals surface area contributed by atoms with Crippen molar-refractivity contribution in [2.45, 2.75) is 64.5 Å². The molecule has 1 saturated heterocycles. The van der Waals surface area contributed by atoms with Gasteiger partial charge in [-0.25, -0.2) is 0 Å². The maximum atomic E-state index is 3.82. The zero-order valence-electron chi connectivity index (χ0n) is 14.8. The normalized spacial score (nSPS) is 32.7. The van der Waals surface area contributed by atoms with Crippen molar-refractivity contribution in [1.29, 1.82) is 0 Å². The number of rotatable bonds is 6. The summed E-state index contributed by atoms with van der Waals surface area (Å²) in [5.41, 5.74) is 0.